The van der Waals surface area contributed by atoms with E-state index in [1.165, 1.54) is 133 Å². The molecule has 4 heteroatoms. The fourth-order valence-electron chi connectivity index (χ4n) is 13.2. The van der Waals surface area contributed by atoms with E-state index in [2.05, 4.69) is 253 Å². The number of aryl methyl sites for hydroxylation is 2. The van der Waals surface area contributed by atoms with Crippen LogP contribution in [0.5, 0.6) is 0 Å². The number of para-hydroxylation sites is 4. The molecule has 0 fully saturated rings. The molecule has 3 aromatic heterocycles. The van der Waals surface area contributed by atoms with Crippen LogP contribution >= 0.6 is 0 Å². The van der Waals surface area contributed by atoms with Crippen LogP contribution in [0.4, 0.5) is 11.4 Å². The molecule has 1 aliphatic heterocycles. The SMILES string of the molecule is CC1c2cc3c4cc(-c5ccc6c(c5)c5ccccc5n6C)ccc4n(-c4ccccc4)c3cc2-c2ccc3c(c2C1C)N(c1ccccc1)C1C=CC(c2ccc4c(c2)c2ccccc2n4C)=CC31. The second-order valence-electron chi connectivity index (χ2n) is 20.2. The van der Waals surface area contributed by atoms with E-state index in [-0.39, 0.29) is 17.9 Å². The minimum Gasteiger partial charge on any atom is -0.344 e. The van der Waals surface area contributed by atoms with Crippen molar-refractivity contribution in [2.45, 2.75) is 37.6 Å². The van der Waals surface area contributed by atoms with Crippen LogP contribution in [0.2, 0.25) is 0 Å². The molecule has 0 saturated heterocycles. The van der Waals surface area contributed by atoms with Gasteiger partial charge in [-0.2, -0.15) is 0 Å². The van der Waals surface area contributed by atoms with Gasteiger partial charge < -0.3 is 18.6 Å². The van der Waals surface area contributed by atoms with Gasteiger partial charge in [0.15, 0.2) is 0 Å². The number of anilines is 2. The van der Waals surface area contributed by atoms with Crippen molar-refractivity contribution in [2.75, 3.05) is 4.90 Å². The second kappa shape index (κ2) is 14.6. The van der Waals surface area contributed by atoms with Crippen LogP contribution in [0.25, 0.3) is 98.9 Å². The zero-order chi connectivity index (χ0) is 46.5. The number of aromatic nitrogens is 3. The van der Waals surface area contributed by atoms with Crippen molar-refractivity contribution in [2.24, 2.45) is 14.1 Å². The van der Waals surface area contributed by atoms with Crippen molar-refractivity contribution < 1.29 is 0 Å². The molecule has 70 heavy (non-hydrogen) atoms. The lowest BCUT2D eigenvalue weighted by Crippen LogP contribution is -2.30. The van der Waals surface area contributed by atoms with Crippen LogP contribution in [-0.2, 0) is 14.1 Å². The third-order valence-electron chi connectivity index (χ3n) is 16.8. The molecule has 0 radical (unpaired) electrons. The van der Waals surface area contributed by atoms with E-state index >= 15 is 0 Å². The summed E-state index contributed by atoms with van der Waals surface area (Å²) in [5.74, 6) is 0.777. The first-order valence-electron chi connectivity index (χ1n) is 24.9. The van der Waals surface area contributed by atoms with Gasteiger partial charge in [-0.1, -0.05) is 135 Å². The van der Waals surface area contributed by atoms with Gasteiger partial charge in [-0.25, -0.2) is 0 Å². The first kappa shape index (κ1) is 39.6. The van der Waals surface area contributed by atoms with Gasteiger partial charge in [-0.15, -0.1) is 0 Å². The summed E-state index contributed by atoms with van der Waals surface area (Å²) in [5, 5.41) is 7.78. The Balaban J connectivity index is 0.913. The van der Waals surface area contributed by atoms with Crippen molar-refractivity contribution in [3.8, 4) is 27.9 Å². The topological polar surface area (TPSA) is 18.0 Å². The molecule has 12 aromatic rings. The molecule has 334 valence electrons. The highest BCUT2D eigenvalue weighted by molar-refractivity contribution is 6.14. The van der Waals surface area contributed by atoms with Crippen LogP contribution in [-0.4, -0.2) is 19.7 Å². The predicted octanol–water partition coefficient (Wildman–Crippen LogP) is 16.9. The van der Waals surface area contributed by atoms with E-state index in [0.717, 1.165) is 0 Å². The third kappa shape index (κ3) is 5.42. The highest BCUT2D eigenvalue weighted by atomic mass is 15.2. The zero-order valence-electron chi connectivity index (χ0n) is 39.7. The predicted molar refractivity (Wildman–Crippen MR) is 295 cm³/mol. The molecule has 15 rings (SSSR count). The number of rotatable bonds is 4. The molecule has 0 saturated carbocycles. The molecule has 0 N–H and O–H groups in total. The molecule has 0 bridgehead atoms. The van der Waals surface area contributed by atoms with E-state index in [1.54, 1.807) is 0 Å². The molecule has 0 spiro atoms. The van der Waals surface area contributed by atoms with Gasteiger partial charge in [-0.3, -0.25) is 0 Å². The molecule has 0 amide bonds. The van der Waals surface area contributed by atoms with Crippen molar-refractivity contribution in [1.29, 1.82) is 0 Å². The lowest BCUT2D eigenvalue weighted by Gasteiger charge is -2.36. The maximum atomic E-state index is 2.67. The van der Waals surface area contributed by atoms with Gasteiger partial charge in [0.05, 0.1) is 17.1 Å². The van der Waals surface area contributed by atoms with Gasteiger partial charge in [-0.05, 0) is 147 Å². The Hall–Kier alpha value is -8.34. The number of fused-ring (bicyclic) bond motifs is 16. The van der Waals surface area contributed by atoms with Crippen LogP contribution in [0.1, 0.15) is 53.9 Å². The summed E-state index contributed by atoms with van der Waals surface area (Å²) in [6, 6.07) is 70.9. The maximum absolute atomic E-state index is 2.67. The standard InChI is InChI=1S/C66H50N4/c1-39-40(2)65-49(27-28-50-55-35-43(26-32-63(55)70(66(50)65)46-17-9-6-10-18-46)41-23-29-60-53(33-41)47-19-11-13-21-58(47)67(60)3)52-38-64-57(37-51(39)52)56-36-44(25-31-62(56)69(64)45-15-7-5-8-16-45)42-24-30-61-54(34-42)48-20-12-14-22-59(48)68(61)4/h5-40,55,63H,1-4H3. The summed E-state index contributed by atoms with van der Waals surface area (Å²) in [6.45, 7) is 4.95. The minimum absolute atomic E-state index is 0.163. The Labute approximate surface area is 407 Å². The smallest absolute Gasteiger partial charge is 0.0630 e. The lowest BCUT2D eigenvalue weighted by molar-refractivity contribution is 0.616. The van der Waals surface area contributed by atoms with E-state index in [0.29, 0.717) is 5.92 Å². The monoisotopic (exact) mass is 898 g/mol. The summed E-state index contributed by atoms with van der Waals surface area (Å²) in [7, 11) is 4.35. The van der Waals surface area contributed by atoms with Crippen molar-refractivity contribution in [3.63, 3.8) is 0 Å². The average Bonchev–Trinajstić information content (AvgIpc) is 4.11. The van der Waals surface area contributed by atoms with E-state index < -0.39 is 0 Å². The van der Waals surface area contributed by atoms with Crippen molar-refractivity contribution >= 4 is 82.4 Å². The number of hydrogen-bond acceptors (Lipinski definition) is 1. The largest absolute Gasteiger partial charge is 0.344 e. The lowest BCUT2D eigenvalue weighted by atomic mass is 9.71. The van der Waals surface area contributed by atoms with Crippen molar-refractivity contribution in [3.05, 3.63) is 229 Å². The fourth-order valence-corrected chi connectivity index (χ4v) is 13.2. The van der Waals surface area contributed by atoms with E-state index in [1.807, 2.05) is 0 Å². The van der Waals surface area contributed by atoms with Gasteiger partial charge in [0.25, 0.3) is 0 Å². The van der Waals surface area contributed by atoms with Gasteiger partial charge in [0.1, 0.15) is 0 Å². The summed E-state index contributed by atoms with van der Waals surface area (Å²) in [4.78, 5) is 2.67. The summed E-state index contributed by atoms with van der Waals surface area (Å²) >= 11 is 0. The Morgan fingerprint density at radius 3 is 1.61 bits per heavy atom. The molecule has 3 aliphatic rings. The Morgan fingerprint density at radius 1 is 0.400 bits per heavy atom. The fraction of sp³-hybridized carbons (Fsp3) is 0.121. The molecular weight excluding hydrogens is 849 g/mol. The van der Waals surface area contributed by atoms with Crippen molar-refractivity contribution in [1.82, 2.24) is 13.7 Å². The van der Waals surface area contributed by atoms with Crippen LogP contribution in [0.3, 0.4) is 0 Å². The Bertz CT molecular complexity index is 4250. The van der Waals surface area contributed by atoms with Crippen LogP contribution in [0, 0.1) is 0 Å². The normalized spacial score (nSPS) is 18.3. The second-order valence-corrected chi connectivity index (χ2v) is 20.2. The molecule has 4 heterocycles. The minimum atomic E-state index is 0.163. The van der Waals surface area contributed by atoms with E-state index in [4.69, 9.17) is 0 Å². The quantitative estimate of drug-likeness (QED) is 0.172. The number of hydrogen-bond donors (Lipinski definition) is 0. The summed E-state index contributed by atoms with van der Waals surface area (Å²) in [5.41, 5.74) is 23.3. The molecule has 4 nitrogen and oxygen atoms in total. The van der Waals surface area contributed by atoms with Gasteiger partial charge in [0.2, 0.25) is 0 Å². The average molecular weight is 899 g/mol. The summed E-state index contributed by atoms with van der Waals surface area (Å²) < 4.78 is 7.13. The van der Waals surface area contributed by atoms with Crippen LogP contribution < -0.4 is 4.90 Å². The zero-order valence-corrected chi connectivity index (χ0v) is 39.7. The van der Waals surface area contributed by atoms with Crippen LogP contribution in [0.15, 0.2) is 206 Å². The Kier molecular flexibility index (Phi) is 8.26. The van der Waals surface area contributed by atoms with Gasteiger partial charge >= 0.3 is 0 Å². The third-order valence-corrected chi connectivity index (χ3v) is 16.8. The molecule has 9 aromatic carbocycles. The highest BCUT2D eigenvalue weighted by Gasteiger charge is 2.43. The van der Waals surface area contributed by atoms with Gasteiger partial charge in [0, 0.05) is 91.5 Å². The molecule has 4 atom stereocenters. The highest BCUT2D eigenvalue weighted by Crippen LogP contribution is 2.59. The number of allylic oxidation sites excluding steroid dienone is 2. The molecule has 2 aliphatic carbocycles. The van der Waals surface area contributed by atoms with E-state index in [9.17, 15) is 0 Å². The summed E-state index contributed by atoms with van der Waals surface area (Å²) in [6.07, 6.45) is 7.43. The Morgan fingerprint density at radius 2 is 0.943 bits per heavy atom. The number of benzene rings is 9. The molecule has 4 unspecified atom stereocenters. The first-order valence-corrected chi connectivity index (χ1v) is 24.9. The first-order chi connectivity index (χ1) is 34.4. The maximum Gasteiger partial charge on any atom is 0.0630 e. The number of nitrogens with zero attached hydrogens (tertiary/aromatic N) is 4. The molecular formula is C66H50N4.